The highest BCUT2D eigenvalue weighted by molar-refractivity contribution is 7.98. The van der Waals surface area contributed by atoms with E-state index in [9.17, 15) is 9.59 Å². The number of thioether (sulfide) groups is 1. The summed E-state index contributed by atoms with van der Waals surface area (Å²) in [6.07, 6.45) is 4.27. The fourth-order valence-corrected chi connectivity index (χ4v) is 4.25. The monoisotopic (exact) mass is 406 g/mol. The smallest absolute Gasteiger partial charge is 0.251 e. The van der Waals surface area contributed by atoms with Crippen LogP contribution in [0.4, 0.5) is 0 Å². The summed E-state index contributed by atoms with van der Waals surface area (Å²) in [6.45, 7) is 4.64. The van der Waals surface area contributed by atoms with Gasteiger partial charge < -0.3 is 19.7 Å². The van der Waals surface area contributed by atoms with Crippen molar-refractivity contribution in [2.75, 3.05) is 38.3 Å². The van der Waals surface area contributed by atoms with E-state index in [1.807, 2.05) is 36.3 Å². The van der Waals surface area contributed by atoms with Crippen LogP contribution in [0.2, 0.25) is 0 Å². The number of hydrogen-bond donors (Lipinski definition) is 1. The second-order valence-electron chi connectivity index (χ2n) is 7.45. The molecule has 2 aliphatic rings. The first kappa shape index (κ1) is 21.1. The lowest BCUT2D eigenvalue weighted by atomic mass is 9.95. The maximum Gasteiger partial charge on any atom is 0.251 e. The van der Waals surface area contributed by atoms with Crippen LogP contribution in [0.25, 0.3) is 0 Å². The van der Waals surface area contributed by atoms with E-state index in [4.69, 9.17) is 9.47 Å². The molecule has 7 heteroatoms. The van der Waals surface area contributed by atoms with E-state index in [1.54, 1.807) is 17.8 Å². The highest BCUT2D eigenvalue weighted by atomic mass is 32.2. The Hall–Kier alpha value is -1.57. The molecule has 3 rings (SSSR count). The predicted octanol–water partition coefficient (Wildman–Crippen LogP) is 2.46. The van der Waals surface area contributed by atoms with Crippen molar-refractivity contribution in [3.63, 3.8) is 0 Å². The van der Waals surface area contributed by atoms with Crippen molar-refractivity contribution in [2.45, 2.75) is 38.5 Å². The summed E-state index contributed by atoms with van der Waals surface area (Å²) in [7, 11) is 0. The maximum atomic E-state index is 13.1. The van der Waals surface area contributed by atoms with Crippen LogP contribution in [-0.2, 0) is 14.3 Å². The van der Waals surface area contributed by atoms with Crippen LogP contribution in [0.1, 0.15) is 35.2 Å². The molecule has 1 aromatic rings. The van der Waals surface area contributed by atoms with Crippen molar-refractivity contribution < 1.29 is 19.1 Å². The Kier molecular flexibility index (Phi) is 7.76. The number of benzene rings is 1. The predicted molar refractivity (Wildman–Crippen MR) is 110 cm³/mol. The van der Waals surface area contributed by atoms with E-state index in [0.29, 0.717) is 44.2 Å². The SMILES string of the molecule is CSCCC(NC(=O)c1cccc(C)c1)C(=O)N1CCC(C2OCCO2)CC1. The number of carbonyl (C=O) groups excluding carboxylic acids is 2. The van der Waals surface area contributed by atoms with Gasteiger partial charge in [0.05, 0.1) is 13.2 Å². The van der Waals surface area contributed by atoms with Crippen molar-refractivity contribution >= 4 is 23.6 Å². The van der Waals surface area contributed by atoms with Crippen LogP contribution in [0.15, 0.2) is 24.3 Å². The number of hydrogen-bond acceptors (Lipinski definition) is 5. The van der Waals surface area contributed by atoms with E-state index < -0.39 is 6.04 Å². The average molecular weight is 407 g/mol. The van der Waals surface area contributed by atoms with E-state index in [0.717, 1.165) is 24.2 Å². The van der Waals surface area contributed by atoms with Crippen LogP contribution in [0.3, 0.4) is 0 Å². The lowest BCUT2D eigenvalue weighted by molar-refractivity contribution is -0.138. The van der Waals surface area contributed by atoms with Crippen LogP contribution in [0.5, 0.6) is 0 Å². The number of likely N-dealkylation sites (tertiary alicyclic amines) is 1. The first-order valence-electron chi connectivity index (χ1n) is 9.97. The van der Waals surface area contributed by atoms with E-state index >= 15 is 0 Å². The summed E-state index contributed by atoms with van der Waals surface area (Å²) >= 11 is 1.68. The number of nitrogens with one attached hydrogen (secondary N) is 1. The van der Waals surface area contributed by atoms with Crippen LogP contribution in [0, 0.1) is 12.8 Å². The molecule has 154 valence electrons. The minimum atomic E-state index is -0.490. The molecule has 0 aliphatic carbocycles. The number of ether oxygens (including phenoxy) is 2. The molecule has 0 saturated carbocycles. The van der Waals surface area contributed by atoms with Gasteiger partial charge in [-0.1, -0.05) is 17.7 Å². The summed E-state index contributed by atoms with van der Waals surface area (Å²) in [4.78, 5) is 27.6. The van der Waals surface area contributed by atoms with E-state index in [-0.39, 0.29) is 18.1 Å². The molecule has 0 spiro atoms. The average Bonchev–Trinajstić information content (AvgIpc) is 3.25. The van der Waals surface area contributed by atoms with E-state index in [1.165, 1.54) is 0 Å². The molecule has 1 unspecified atom stereocenters. The van der Waals surface area contributed by atoms with Gasteiger partial charge in [-0.2, -0.15) is 11.8 Å². The molecule has 0 bridgehead atoms. The fourth-order valence-electron chi connectivity index (χ4n) is 3.78. The fraction of sp³-hybridized carbons (Fsp3) is 0.619. The molecule has 28 heavy (non-hydrogen) atoms. The molecular weight excluding hydrogens is 376 g/mol. The van der Waals surface area contributed by atoms with Gasteiger partial charge in [0, 0.05) is 24.6 Å². The molecule has 2 saturated heterocycles. The third-order valence-electron chi connectivity index (χ3n) is 5.38. The second-order valence-corrected chi connectivity index (χ2v) is 8.44. The quantitative estimate of drug-likeness (QED) is 0.753. The summed E-state index contributed by atoms with van der Waals surface area (Å²) in [6, 6.07) is 6.95. The molecule has 1 N–H and O–H groups in total. The molecule has 2 aliphatic heterocycles. The highest BCUT2D eigenvalue weighted by Gasteiger charge is 2.34. The topological polar surface area (TPSA) is 67.9 Å². The van der Waals surface area contributed by atoms with Gasteiger partial charge in [0.2, 0.25) is 5.91 Å². The first-order chi connectivity index (χ1) is 13.6. The number of carbonyl (C=O) groups is 2. The van der Waals surface area contributed by atoms with Crippen LogP contribution < -0.4 is 5.32 Å². The van der Waals surface area contributed by atoms with Crippen molar-refractivity contribution in [1.82, 2.24) is 10.2 Å². The lowest BCUT2D eigenvalue weighted by Crippen LogP contribution is -2.51. The molecule has 1 atom stereocenters. The van der Waals surface area contributed by atoms with Gasteiger partial charge in [-0.3, -0.25) is 9.59 Å². The minimum absolute atomic E-state index is 0.0155. The van der Waals surface area contributed by atoms with Crippen molar-refractivity contribution in [2.24, 2.45) is 5.92 Å². The third-order valence-corrected chi connectivity index (χ3v) is 6.02. The summed E-state index contributed by atoms with van der Waals surface area (Å²) in [5.41, 5.74) is 1.62. The summed E-state index contributed by atoms with van der Waals surface area (Å²) < 4.78 is 11.2. The number of amides is 2. The van der Waals surface area contributed by atoms with Gasteiger partial charge in [0.25, 0.3) is 5.91 Å². The van der Waals surface area contributed by atoms with Gasteiger partial charge >= 0.3 is 0 Å². The Balaban J connectivity index is 1.59. The van der Waals surface area contributed by atoms with Gasteiger partial charge in [0.15, 0.2) is 6.29 Å². The molecule has 1 aromatic carbocycles. The number of aryl methyl sites for hydroxylation is 1. The van der Waals surface area contributed by atoms with Crippen molar-refractivity contribution in [3.8, 4) is 0 Å². The Morgan fingerprint density at radius 1 is 1.25 bits per heavy atom. The largest absolute Gasteiger partial charge is 0.350 e. The van der Waals surface area contributed by atoms with Crippen molar-refractivity contribution in [3.05, 3.63) is 35.4 Å². The van der Waals surface area contributed by atoms with Crippen molar-refractivity contribution in [1.29, 1.82) is 0 Å². The van der Waals surface area contributed by atoms with Gasteiger partial charge in [-0.15, -0.1) is 0 Å². The zero-order valence-corrected chi connectivity index (χ0v) is 17.5. The standard InChI is InChI=1S/C21H30N2O4S/c1-15-4-3-5-17(14-15)19(24)22-18(8-13-28-2)20(25)23-9-6-16(7-10-23)21-26-11-12-27-21/h3-5,14,16,18,21H,6-13H2,1-2H3,(H,22,24). The molecule has 6 nitrogen and oxygen atoms in total. The third kappa shape index (κ3) is 5.49. The second kappa shape index (κ2) is 10.3. The zero-order chi connectivity index (χ0) is 19.9. The highest BCUT2D eigenvalue weighted by Crippen LogP contribution is 2.26. The Bertz CT molecular complexity index is 670. The number of nitrogens with zero attached hydrogens (tertiary/aromatic N) is 1. The Morgan fingerprint density at radius 3 is 2.61 bits per heavy atom. The maximum absolute atomic E-state index is 13.1. The Morgan fingerprint density at radius 2 is 1.96 bits per heavy atom. The summed E-state index contributed by atoms with van der Waals surface area (Å²) in [5.74, 6) is 0.996. The first-order valence-corrected chi connectivity index (χ1v) is 11.4. The number of rotatable bonds is 7. The normalized spacial score (nSPS) is 19.6. The van der Waals surface area contributed by atoms with Gasteiger partial charge in [-0.25, -0.2) is 0 Å². The molecule has 0 radical (unpaired) electrons. The lowest BCUT2D eigenvalue weighted by Gasteiger charge is -2.35. The molecule has 2 fully saturated rings. The Labute approximate surface area is 171 Å². The molecule has 2 heterocycles. The zero-order valence-electron chi connectivity index (χ0n) is 16.7. The summed E-state index contributed by atoms with van der Waals surface area (Å²) in [5, 5.41) is 2.97. The van der Waals surface area contributed by atoms with Gasteiger partial charge in [-0.05, 0) is 50.3 Å². The minimum Gasteiger partial charge on any atom is -0.350 e. The molecule has 2 amide bonds. The van der Waals surface area contributed by atoms with Crippen LogP contribution in [-0.4, -0.2) is 67.4 Å². The number of piperidine rings is 1. The van der Waals surface area contributed by atoms with Crippen LogP contribution >= 0.6 is 11.8 Å². The van der Waals surface area contributed by atoms with Gasteiger partial charge in [0.1, 0.15) is 6.04 Å². The molecular formula is C21H30N2O4S. The van der Waals surface area contributed by atoms with E-state index in [2.05, 4.69) is 5.32 Å². The molecule has 0 aromatic heterocycles.